The van der Waals surface area contributed by atoms with E-state index >= 15 is 0 Å². The number of hydrogen-bond acceptors (Lipinski definition) is 3. The van der Waals surface area contributed by atoms with Crippen molar-refractivity contribution in [2.45, 2.75) is 12.0 Å². The second-order valence-corrected chi connectivity index (χ2v) is 5.93. The molecule has 6 nitrogen and oxygen atoms in total. The number of carbonyl (C=O) groups is 2. The Kier molecular flexibility index (Phi) is 5.62. The van der Waals surface area contributed by atoms with Crippen molar-refractivity contribution in [3.63, 3.8) is 0 Å². The van der Waals surface area contributed by atoms with Gasteiger partial charge in [-0.25, -0.2) is 4.79 Å². The van der Waals surface area contributed by atoms with Crippen LogP contribution >= 0.6 is 0 Å². The summed E-state index contributed by atoms with van der Waals surface area (Å²) >= 11 is 0. The van der Waals surface area contributed by atoms with E-state index < -0.39 is 5.54 Å². The zero-order valence-electron chi connectivity index (χ0n) is 13.2. The molecule has 0 radical (unpaired) electrons. The predicted molar refractivity (Wildman–Crippen MR) is 80.4 cm³/mol. The van der Waals surface area contributed by atoms with Gasteiger partial charge in [0.25, 0.3) is 5.91 Å². The fourth-order valence-electron chi connectivity index (χ4n) is 3.20. The normalized spacial score (nSPS) is 25.2. The van der Waals surface area contributed by atoms with Crippen molar-refractivity contribution in [3.8, 4) is 0 Å². The van der Waals surface area contributed by atoms with Gasteiger partial charge >= 0.3 is 6.03 Å². The van der Waals surface area contributed by atoms with E-state index in [1.54, 1.807) is 0 Å². The Morgan fingerprint density at radius 2 is 1.87 bits per heavy atom. The molecule has 2 fully saturated rings. The molecule has 126 valence electrons. The Bertz CT molecular complexity index is 563. The number of nitrogens with zero attached hydrogens (tertiary/aromatic N) is 1. The second-order valence-electron chi connectivity index (χ2n) is 5.93. The molecule has 2 saturated heterocycles. The van der Waals surface area contributed by atoms with Gasteiger partial charge in [0, 0.05) is 13.5 Å². The van der Waals surface area contributed by atoms with Crippen molar-refractivity contribution in [2.75, 3.05) is 39.9 Å². The zero-order valence-corrected chi connectivity index (χ0v) is 13.9. The van der Waals surface area contributed by atoms with E-state index in [1.807, 2.05) is 30.3 Å². The van der Waals surface area contributed by atoms with E-state index in [0.717, 1.165) is 38.4 Å². The van der Waals surface area contributed by atoms with Crippen LogP contribution in [-0.4, -0.2) is 56.7 Å². The van der Waals surface area contributed by atoms with E-state index in [1.165, 1.54) is 16.8 Å². The summed E-state index contributed by atoms with van der Waals surface area (Å²) in [5, 5.41) is 2.92. The Morgan fingerprint density at radius 3 is 2.43 bits per heavy atom. The molecule has 0 aliphatic carbocycles. The highest BCUT2D eigenvalue weighted by Crippen LogP contribution is 2.31. The highest BCUT2D eigenvalue weighted by molar-refractivity contribution is 6.07. The molecule has 1 aromatic rings. The quantitative estimate of drug-likeness (QED) is 0.557. The number of halogens is 1. The molecule has 7 heteroatoms. The van der Waals surface area contributed by atoms with Gasteiger partial charge in [0.05, 0.1) is 19.8 Å². The molecular formula is C16H22ClN3O3. The highest BCUT2D eigenvalue weighted by Gasteiger charge is 2.51. The molecular weight excluding hydrogens is 318 g/mol. The van der Waals surface area contributed by atoms with Crippen LogP contribution in [0.3, 0.4) is 0 Å². The average Bonchev–Trinajstić information content (AvgIpc) is 2.80. The first kappa shape index (κ1) is 17.7. The summed E-state index contributed by atoms with van der Waals surface area (Å²) in [4.78, 5) is 27.3. The Balaban J connectivity index is 0.00000192. The highest BCUT2D eigenvalue weighted by atomic mass is 35.5. The molecule has 3 amide bonds. The Morgan fingerprint density at radius 1 is 1.22 bits per heavy atom. The molecule has 0 aromatic heterocycles. The van der Waals surface area contributed by atoms with Crippen LogP contribution in [0.5, 0.6) is 0 Å². The van der Waals surface area contributed by atoms with Gasteiger partial charge in [0.15, 0.2) is 5.54 Å². The first-order valence-electron chi connectivity index (χ1n) is 7.70. The van der Waals surface area contributed by atoms with Crippen molar-refractivity contribution < 1.29 is 31.6 Å². The largest absolute Gasteiger partial charge is 1.00 e. The number of hydrogen-bond donors (Lipinski definition) is 2. The molecule has 0 saturated carbocycles. The minimum atomic E-state index is -0.932. The average molecular weight is 340 g/mol. The second kappa shape index (κ2) is 7.29. The topological polar surface area (TPSA) is 63.1 Å². The monoisotopic (exact) mass is 339 g/mol. The third-order valence-corrected chi connectivity index (χ3v) is 4.61. The molecule has 0 bridgehead atoms. The number of ether oxygens (including phenoxy) is 1. The summed E-state index contributed by atoms with van der Waals surface area (Å²) in [7, 11) is 1.53. The van der Waals surface area contributed by atoms with Crippen molar-refractivity contribution in [3.05, 3.63) is 35.9 Å². The fraction of sp³-hybridized carbons (Fsp3) is 0.500. The van der Waals surface area contributed by atoms with E-state index in [-0.39, 0.29) is 24.3 Å². The maximum atomic E-state index is 12.7. The number of nitrogens with one attached hydrogen (secondary N) is 2. The minimum absolute atomic E-state index is 0. The van der Waals surface area contributed by atoms with Crippen LogP contribution in [0.4, 0.5) is 4.79 Å². The smallest absolute Gasteiger partial charge is 0.325 e. The van der Waals surface area contributed by atoms with Crippen LogP contribution in [0.1, 0.15) is 12.0 Å². The number of rotatable bonds is 4. The number of morpholine rings is 1. The molecule has 23 heavy (non-hydrogen) atoms. The van der Waals surface area contributed by atoms with Gasteiger partial charge in [-0.1, -0.05) is 30.3 Å². The number of carbonyl (C=O) groups excluding carboxylic acids is 2. The Hall–Kier alpha value is -1.63. The van der Waals surface area contributed by atoms with Crippen molar-refractivity contribution in [1.29, 1.82) is 0 Å². The van der Waals surface area contributed by atoms with E-state index in [2.05, 4.69) is 5.32 Å². The predicted octanol–water partition coefficient (Wildman–Crippen LogP) is -3.63. The summed E-state index contributed by atoms with van der Waals surface area (Å²) in [6.45, 7) is 4.24. The Labute approximate surface area is 142 Å². The van der Waals surface area contributed by atoms with E-state index in [0.29, 0.717) is 6.42 Å². The summed E-state index contributed by atoms with van der Waals surface area (Å²) in [5.74, 6) is -0.170. The molecule has 2 heterocycles. The van der Waals surface area contributed by atoms with E-state index in [9.17, 15) is 9.59 Å². The standard InChI is InChI=1S/C16H21N3O3.ClH/c1-18-14(20)16(17-15(18)21,13-5-3-2-4-6-13)7-8-19-9-11-22-12-10-19;/h2-6H,7-12H2,1H3,(H,17,21);1H/t16-;/m0./s1. The summed E-state index contributed by atoms with van der Waals surface area (Å²) < 4.78 is 5.37. The molecule has 3 rings (SSSR count). The summed E-state index contributed by atoms with van der Waals surface area (Å²) in [6, 6.07) is 9.20. The summed E-state index contributed by atoms with van der Waals surface area (Å²) in [5.41, 5.74) is -0.0800. The van der Waals surface area contributed by atoms with Gasteiger partial charge in [-0.15, -0.1) is 0 Å². The molecule has 0 unspecified atom stereocenters. The van der Waals surface area contributed by atoms with Crippen LogP contribution < -0.4 is 22.6 Å². The third-order valence-electron chi connectivity index (χ3n) is 4.61. The van der Waals surface area contributed by atoms with Gasteiger partial charge in [-0.3, -0.25) is 9.69 Å². The maximum absolute atomic E-state index is 12.7. The van der Waals surface area contributed by atoms with Crippen LogP contribution in [0, 0.1) is 0 Å². The number of imide groups is 1. The van der Waals surface area contributed by atoms with Crippen LogP contribution in [0.15, 0.2) is 30.3 Å². The van der Waals surface area contributed by atoms with Gasteiger partial charge in [0.2, 0.25) is 0 Å². The van der Waals surface area contributed by atoms with Crippen molar-refractivity contribution in [1.82, 2.24) is 10.2 Å². The SMILES string of the molecule is CN1C(=O)N[C@@](CC[NH+]2CCOCC2)(c2ccccc2)C1=O.[Cl-]. The number of quaternary nitrogens is 1. The van der Waals surface area contributed by atoms with Crippen LogP contribution in [0.25, 0.3) is 0 Å². The molecule has 1 aromatic carbocycles. The third kappa shape index (κ3) is 3.34. The van der Waals surface area contributed by atoms with Gasteiger partial charge in [0.1, 0.15) is 13.1 Å². The number of urea groups is 1. The van der Waals surface area contributed by atoms with Crippen LogP contribution in [0.2, 0.25) is 0 Å². The fourth-order valence-corrected chi connectivity index (χ4v) is 3.20. The van der Waals surface area contributed by atoms with Gasteiger partial charge in [-0.05, 0) is 5.56 Å². The lowest BCUT2D eigenvalue weighted by atomic mass is 9.86. The molecule has 2 aliphatic heterocycles. The molecule has 1 atom stereocenters. The summed E-state index contributed by atoms with van der Waals surface area (Å²) in [6.07, 6.45) is 0.598. The van der Waals surface area contributed by atoms with Gasteiger partial charge in [-0.2, -0.15) is 0 Å². The first-order valence-corrected chi connectivity index (χ1v) is 7.70. The van der Waals surface area contributed by atoms with Crippen LogP contribution in [-0.2, 0) is 15.1 Å². The number of benzene rings is 1. The van der Waals surface area contributed by atoms with Crippen molar-refractivity contribution in [2.24, 2.45) is 0 Å². The molecule has 2 aliphatic rings. The lowest BCUT2D eigenvalue weighted by Gasteiger charge is -2.30. The number of amides is 3. The lowest BCUT2D eigenvalue weighted by molar-refractivity contribution is -0.908. The minimum Gasteiger partial charge on any atom is -1.00 e. The van der Waals surface area contributed by atoms with Crippen molar-refractivity contribution >= 4 is 11.9 Å². The molecule has 2 N–H and O–H groups in total. The zero-order chi connectivity index (χ0) is 15.6. The van der Waals surface area contributed by atoms with E-state index in [4.69, 9.17) is 4.74 Å². The lowest BCUT2D eigenvalue weighted by Crippen LogP contribution is -3.14. The first-order chi connectivity index (χ1) is 10.6. The molecule has 0 spiro atoms. The number of likely N-dealkylation sites (N-methyl/N-ethyl adjacent to an activating group) is 1. The van der Waals surface area contributed by atoms with Gasteiger partial charge < -0.3 is 27.4 Å². The maximum Gasteiger partial charge on any atom is 0.325 e.